The predicted octanol–water partition coefficient (Wildman–Crippen LogP) is 1.98. The molecule has 11 nitrogen and oxygen atoms in total. The van der Waals surface area contributed by atoms with Crippen molar-refractivity contribution in [3.05, 3.63) is 64.9 Å². The lowest BCUT2D eigenvalue weighted by molar-refractivity contribution is -0.125. The number of fused-ring (bicyclic) bond motifs is 2. The molecule has 0 saturated carbocycles. The van der Waals surface area contributed by atoms with Crippen LogP contribution >= 0.6 is 0 Å². The van der Waals surface area contributed by atoms with Crippen molar-refractivity contribution < 1.29 is 28.6 Å². The third-order valence-electron chi connectivity index (χ3n) is 8.16. The molecule has 0 aliphatic carbocycles. The number of benzene rings is 2. The van der Waals surface area contributed by atoms with Gasteiger partial charge in [-0.2, -0.15) is 0 Å². The molecule has 3 aliphatic heterocycles. The van der Waals surface area contributed by atoms with Crippen molar-refractivity contribution in [2.24, 2.45) is 0 Å². The highest BCUT2D eigenvalue weighted by molar-refractivity contribution is 6.08. The van der Waals surface area contributed by atoms with E-state index in [2.05, 4.69) is 20.9 Å². The molecule has 1 unspecified atom stereocenters. The minimum Gasteiger partial charge on any atom is -0.497 e. The lowest BCUT2D eigenvalue weighted by Gasteiger charge is -2.29. The van der Waals surface area contributed by atoms with Crippen molar-refractivity contribution in [1.82, 2.24) is 25.8 Å². The topological polar surface area (TPSA) is 136 Å². The van der Waals surface area contributed by atoms with Crippen LogP contribution in [0.2, 0.25) is 0 Å². The van der Waals surface area contributed by atoms with Gasteiger partial charge in [0.1, 0.15) is 22.8 Å². The van der Waals surface area contributed by atoms with Gasteiger partial charge < -0.3 is 29.4 Å². The largest absolute Gasteiger partial charge is 0.497 e. The summed E-state index contributed by atoms with van der Waals surface area (Å²) >= 11 is 0. The van der Waals surface area contributed by atoms with Crippen LogP contribution in [0.3, 0.4) is 0 Å². The highest BCUT2D eigenvalue weighted by Gasteiger charge is 2.53. The van der Waals surface area contributed by atoms with Gasteiger partial charge in [0.15, 0.2) is 5.54 Å². The maximum absolute atomic E-state index is 13.3. The van der Waals surface area contributed by atoms with Crippen LogP contribution in [0.25, 0.3) is 11.0 Å². The number of urea groups is 1. The standard InChI is InChI=1S/C29H33N5O6/c1-28(38,30-9-12-33-10-3-4-11-33)20-7-5-18-13-24(40-23(18)14-20)29(26(36)31-27(37)32-29)17-34-16-19-6-8-21(39-2)15-22(19)25(34)35/h5-8,13-15,30,38H,3-4,9-12,16-17H2,1-2H3,(H2,31,32,36,37)/t28?,29-/m0/s1. The van der Waals surface area contributed by atoms with Gasteiger partial charge in [0, 0.05) is 36.1 Å². The number of ether oxygens (including phenoxy) is 1. The first-order valence-corrected chi connectivity index (χ1v) is 13.5. The van der Waals surface area contributed by atoms with Crippen molar-refractivity contribution in [2.45, 2.75) is 37.6 Å². The average Bonchev–Trinajstić information content (AvgIpc) is 3.71. The van der Waals surface area contributed by atoms with E-state index in [4.69, 9.17) is 9.15 Å². The zero-order valence-corrected chi connectivity index (χ0v) is 22.6. The zero-order valence-electron chi connectivity index (χ0n) is 22.6. The van der Waals surface area contributed by atoms with Crippen LogP contribution in [-0.4, -0.2) is 72.6 Å². The molecule has 1 aromatic heterocycles. The van der Waals surface area contributed by atoms with Gasteiger partial charge in [0.25, 0.3) is 11.8 Å². The molecule has 0 radical (unpaired) electrons. The number of rotatable bonds is 9. The first-order valence-electron chi connectivity index (χ1n) is 13.5. The number of hydrogen-bond donors (Lipinski definition) is 4. The summed E-state index contributed by atoms with van der Waals surface area (Å²) in [6.07, 6.45) is 2.42. The fraction of sp³-hybridized carbons (Fsp3) is 0.414. The molecule has 2 atom stereocenters. The second-order valence-electron chi connectivity index (χ2n) is 10.9. The second kappa shape index (κ2) is 9.92. The SMILES string of the molecule is COc1ccc2c(c1)C(=O)N(C[C@@]1(c3cc4ccc(C(C)(O)NCCN5CCCC5)cc4o3)NC(=O)NC1=O)C2. The van der Waals surface area contributed by atoms with Crippen molar-refractivity contribution >= 4 is 28.8 Å². The molecule has 2 saturated heterocycles. The van der Waals surface area contributed by atoms with Crippen LogP contribution in [0, 0.1) is 0 Å². The monoisotopic (exact) mass is 547 g/mol. The van der Waals surface area contributed by atoms with E-state index >= 15 is 0 Å². The van der Waals surface area contributed by atoms with Crippen LogP contribution in [0.1, 0.15) is 47.0 Å². The number of hydrogen-bond acceptors (Lipinski definition) is 8. The highest BCUT2D eigenvalue weighted by Crippen LogP contribution is 2.36. The Balaban J connectivity index is 1.26. The van der Waals surface area contributed by atoms with E-state index in [0.29, 0.717) is 34.4 Å². The predicted molar refractivity (Wildman–Crippen MR) is 146 cm³/mol. The number of imide groups is 1. The number of nitrogens with zero attached hydrogens (tertiary/aromatic N) is 2. The summed E-state index contributed by atoms with van der Waals surface area (Å²) in [5.41, 5.74) is -0.563. The quantitative estimate of drug-likeness (QED) is 0.236. The molecule has 3 aliphatic rings. The van der Waals surface area contributed by atoms with Crippen LogP contribution in [0.4, 0.5) is 4.79 Å². The number of likely N-dealkylation sites (tertiary alicyclic amines) is 1. The van der Waals surface area contributed by atoms with E-state index in [1.807, 2.05) is 6.07 Å². The molecule has 0 spiro atoms. The molecular formula is C29H33N5O6. The average molecular weight is 548 g/mol. The number of furan rings is 1. The second-order valence-corrected chi connectivity index (χ2v) is 10.9. The summed E-state index contributed by atoms with van der Waals surface area (Å²) in [4.78, 5) is 42.7. The number of carbonyl (C=O) groups is 3. The van der Waals surface area contributed by atoms with Crippen molar-refractivity contribution in [1.29, 1.82) is 0 Å². The Morgan fingerprint density at radius 2 is 1.93 bits per heavy atom. The molecule has 0 bridgehead atoms. The molecule has 40 heavy (non-hydrogen) atoms. The van der Waals surface area contributed by atoms with Crippen LogP contribution < -0.4 is 20.7 Å². The normalized spacial score (nSPS) is 22.5. The summed E-state index contributed by atoms with van der Waals surface area (Å²) < 4.78 is 11.4. The molecule has 2 fully saturated rings. The molecule has 4 N–H and O–H groups in total. The van der Waals surface area contributed by atoms with Gasteiger partial charge in [-0.3, -0.25) is 20.2 Å². The van der Waals surface area contributed by atoms with Gasteiger partial charge in [-0.25, -0.2) is 4.79 Å². The third-order valence-corrected chi connectivity index (χ3v) is 8.16. The Morgan fingerprint density at radius 1 is 1.12 bits per heavy atom. The Labute approximate surface area is 231 Å². The van der Waals surface area contributed by atoms with Crippen LogP contribution in [-0.2, 0) is 22.6 Å². The summed E-state index contributed by atoms with van der Waals surface area (Å²) in [6, 6.07) is 11.6. The number of aliphatic hydroxyl groups is 1. The molecule has 11 heteroatoms. The van der Waals surface area contributed by atoms with E-state index in [0.717, 1.165) is 25.2 Å². The Hall–Kier alpha value is -3.93. The van der Waals surface area contributed by atoms with E-state index in [-0.39, 0.29) is 24.8 Å². The Morgan fingerprint density at radius 3 is 2.65 bits per heavy atom. The Kier molecular flexibility index (Phi) is 6.52. The summed E-state index contributed by atoms with van der Waals surface area (Å²) in [5.74, 6) is -0.110. The Bertz CT molecular complexity index is 1490. The lowest BCUT2D eigenvalue weighted by Crippen LogP contribution is -2.52. The molecule has 3 aromatic rings. The van der Waals surface area contributed by atoms with Crippen molar-refractivity contribution in [3.63, 3.8) is 0 Å². The summed E-state index contributed by atoms with van der Waals surface area (Å²) in [5, 5.41) is 20.1. The van der Waals surface area contributed by atoms with Gasteiger partial charge >= 0.3 is 6.03 Å². The fourth-order valence-corrected chi connectivity index (χ4v) is 5.85. The third kappa shape index (κ3) is 4.59. The first kappa shape index (κ1) is 26.3. The summed E-state index contributed by atoms with van der Waals surface area (Å²) in [6.45, 7) is 5.50. The molecule has 4 amide bonds. The van der Waals surface area contributed by atoms with Crippen LogP contribution in [0.15, 0.2) is 46.9 Å². The molecule has 2 aromatic carbocycles. The smallest absolute Gasteiger partial charge is 0.322 e. The van der Waals surface area contributed by atoms with E-state index in [1.54, 1.807) is 43.3 Å². The lowest BCUT2D eigenvalue weighted by atomic mass is 9.95. The fourth-order valence-electron chi connectivity index (χ4n) is 5.85. The van der Waals surface area contributed by atoms with Crippen molar-refractivity contribution in [3.8, 4) is 5.75 Å². The van der Waals surface area contributed by atoms with Gasteiger partial charge in [-0.15, -0.1) is 0 Å². The summed E-state index contributed by atoms with van der Waals surface area (Å²) in [7, 11) is 1.53. The number of amides is 4. The van der Waals surface area contributed by atoms with Gasteiger partial charge in [-0.1, -0.05) is 18.2 Å². The van der Waals surface area contributed by atoms with Gasteiger partial charge in [0.05, 0.1) is 13.7 Å². The number of methoxy groups -OCH3 is 1. The molecular weight excluding hydrogens is 514 g/mol. The first-order chi connectivity index (χ1) is 19.2. The molecule has 4 heterocycles. The van der Waals surface area contributed by atoms with E-state index in [1.165, 1.54) is 24.9 Å². The minimum atomic E-state index is -1.62. The minimum absolute atomic E-state index is 0.122. The maximum atomic E-state index is 13.3. The number of carbonyl (C=O) groups excluding carboxylic acids is 3. The van der Waals surface area contributed by atoms with Crippen LogP contribution in [0.5, 0.6) is 5.75 Å². The zero-order chi connectivity index (χ0) is 28.1. The van der Waals surface area contributed by atoms with Crippen molar-refractivity contribution in [2.75, 3.05) is 39.8 Å². The molecule has 6 rings (SSSR count). The van der Waals surface area contributed by atoms with Gasteiger partial charge in [-0.05, 0) is 62.7 Å². The van der Waals surface area contributed by atoms with E-state index < -0.39 is 23.2 Å². The maximum Gasteiger partial charge on any atom is 0.322 e. The molecule has 210 valence electrons. The highest BCUT2D eigenvalue weighted by atomic mass is 16.5. The number of nitrogens with one attached hydrogen (secondary N) is 3. The van der Waals surface area contributed by atoms with Gasteiger partial charge in [0.2, 0.25) is 0 Å². The van der Waals surface area contributed by atoms with E-state index in [9.17, 15) is 19.5 Å².